The van der Waals surface area contributed by atoms with Crippen LogP contribution in [0, 0.1) is 35.5 Å². The van der Waals surface area contributed by atoms with Crippen molar-refractivity contribution in [2.75, 3.05) is 5.75 Å². The van der Waals surface area contributed by atoms with Crippen molar-refractivity contribution in [1.29, 1.82) is 0 Å². The van der Waals surface area contributed by atoms with Crippen LogP contribution in [0.3, 0.4) is 0 Å². The van der Waals surface area contributed by atoms with Crippen molar-refractivity contribution in [3.8, 4) is 0 Å². The molecular formula is C44H35F14IO7S3. The minimum Gasteiger partial charge on any atom is -0.200 e. The van der Waals surface area contributed by atoms with Crippen LogP contribution in [0.2, 0.25) is 0 Å². The fraction of sp³-hybridized carbons (Fsp3) is 0.295. The summed E-state index contributed by atoms with van der Waals surface area (Å²) in [6, 6.07) is 16.3. The predicted molar refractivity (Wildman–Crippen MR) is 230 cm³/mol. The number of benzene rings is 5. The summed E-state index contributed by atoms with van der Waals surface area (Å²) < 4.78 is 248. The van der Waals surface area contributed by atoms with Crippen molar-refractivity contribution in [3.63, 3.8) is 0 Å². The second-order valence-corrected chi connectivity index (χ2v) is 27.1. The monoisotopic (exact) mass is 1160 g/mol. The Hall–Kier alpha value is -4.31. The number of carbonyl (C=O) groups is 1. The van der Waals surface area contributed by atoms with E-state index in [9.17, 15) is 83.1 Å². The normalized spacial score (nSPS) is 19.2. The van der Waals surface area contributed by atoms with Crippen molar-refractivity contribution < 1.29 is 89.2 Å². The molecule has 69 heavy (non-hydrogen) atoms. The topological polar surface area (TPSA) is 104 Å². The molecule has 25 heteroatoms. The summed E-state index contributed by atoms with van der Waals surface area (Å²) in [5.74, 6) is -1.03. The fourth-order valence-electron chi connectivity index (χ4n) is 8.02. The summed E-state index contributed by atoms with van der Waals surface area (Å²) in [6.07, 6.45) is -13.1. The van der Waals surface area contributed by atoms with Crippen LogP contribution in [0.25, 0.3) is 0 Å². The van der Waals surface area contributed by atoms with Gasteiger partial charge in [-0.2, -0.15) is 64.7 Å². The third-order valence-electron chi connectivity index (χ3n) is 11.7. The maximum atomic E-state index is 13.4. The van der Waals surface area contributed by atoms with Crippen LogP contribution in [0.4, 0.5) is 61.5 Å². The van der Waals surface area contributed by atoms with Crippen LogP contribution in [0.5, 0.6) is 0 Å². The Balaban J connectivity index is 0.000000234. The largest absolute Gasteiger partial charge is 0.524 e. The zero-order chi connectivity index (χ0) is 51.4. The fourth-order valence-corrected chi connectivity index (χ4v) is 20.4. The first-order valence-corrected chi connectivity index (χ1v) is 27.3. The molecule has 0 aliphatic heterocycles. The van der Waals surface area contributed by atoms with E-state index in [-0.39, 0.29) is 17.5 Å². The van der Waals surface area contributed by atoms with Gasteiger partial charge in [0, 0.05) is 14.7 Å². The van der Waals surface area contributed by atoms with Crippen LogP contribution >= 0.6 is 30.5 Å². The second-order valence-electron chi connectivity index (χ2n) is 16.1. The van der Waals surface area contributed by atoms with Gasteiger partial charge >= 0.3 is 218 Å². The zero-order valence-electron chi connectivity index (χ0n) is 35.2. The molecule has 5 aromatic carbocycles. The minimum absolute atomic E-state index is 0.000149. The number of hydrogen-bond acceptors (Lipinski definition) is 7. The zero-order valence-corrected chi connectivity index (χ0v) is 39.8. The molecule has 0 saturated heterocycles. The number of halogens is 15. The van der Waals surface area contributed by atoms with Crippen molar-refractivity contribution in [3.05, 3.63) is 157 Å². The molecule has 0 heterocycles. The third kappa shape index (κ3) is 11.3. The van der Waals surface area contributed by atoms with Crippen LogP contribution < -0.4 is 0 Å². The summed E-state index contributed by atoms with van der Waals surface area (Å²) in [5, 5.41) is 0. The van der Waals surface area contributed by atoms with Gasteiger partial charge in [0.1, 0.15) is 0 Å². The predicted octanol–water partition coefficient (Wildman–Crippen LogP) is 14.0. The van der Waals surface area contributed by atoms with Crippen molar-refractivity contribution in [2.24, 2.45) is 16.7 Å². The summed E-state index contributed by atoms with van der Waals surface area (Å²) in [6.45, 7) is 3.95. The van der Waals surface area contributed by atoms with Crippen molar-refractivity contribution in [2.45, 2.75) is 71.8 Å². The van der Waals surface area contributed by atoms with Crippen LogP contribution in [-0.2, 0) is 49.7 Å². The molecule has 2 bridgehead atoms. The van der Waals surface area contributed by atoms with E-state index in [0.29, 0.717) is 92.8 Å². The van der Waals surface area contributed by atoms with Crippen molar-refractivity contribution in [1.82, 2.24) is 0 Å². The number of Topliss-reactive ketones (excluding diaryl/α,β-unsaturated/α-hetero) is 1. The van der Waals surface area contributed by atoms with Crippen LogP contribution in [-0.4, -0.2) is 33.9 Å². The first kappa shape index (κ1) is 54.0. The molecule has 2 aliphatic rings. The average Bonchev–Trinajstić information content (AvgIpc) is 3.59. The van der Waals surface area contributed by atoms with E-state index < -0.39 is 129 Å². The first-order valence-electron chi connectivity index (χ1n) is 19.7. The first-order chi connectivity index (χ1) is 31.6. The molecule has 2 saturated carbocycles. The summed E-state index contributed by atoms with van der Waals surface area (Å²) in [7, 11) is -15.2. The Morgan fingerprint density at radius 1 is 0.565 bits per heavy atom. The van der Waals surface area contributed by atoms with Gasteiger partial charge in [-0.1, -0.05) is 0 Å². The number of fused-ring (bicyclic) bond motifs is 2. The van der Waals surface area contributed by atoms with E-state index in [1.165, 1.54) is 48.5 Å². The minimum atomic E-state index is -6.65. The molecule has 7 nitrogen and oxygen atoms in total. The van der Waals surface area contributed by atoms with Gasteiger partial charge in [0.05, 0.1) is 16.7 Å². The number of rotatable bonds is 11. The molecule has 376 valence electrons. The summed E-state index contributed by atoms with van der Waals surface area (Å²) in [4.78, 5) is 10.6. The molecular weight excluding hydrogens is 1130 g/mol. The number of alkyl halides is 12. The van der Waals surface area contributed by atoms with Gasteiger partial charge in [-0.15, -0.1) is 0 Å². The van der Waals surface area contributed by atoms with Gasteiger partial charge in [-0.3, -0.25) is 0 Å². The average molecular weight is 1160 g/mol. The Morgan fingerprint density at radius 2 is 0.913 bits per heavy atom. The Bertz CT molecular complexity index is 2690. The van der Waals surface area contributed by atoms with Gasteiger partial charge < -0.3 is 0 Å². The molecule has 5 aromatic rings. The van der Waals surface area contributed by atoms with Gasteiger partial charge in [0.15, 0.2) is 0 Å². The molecule has 2 aliphatic carbocycles. The SMILES string of the molecule is CC1(C)C2CCC1(CS(=O)(=O)OI(c1ccc(F)cc1)c1ccc(F)cc1)C(=O)C2.O=S(=O)(OS(c1ccc(C(F)(F)F)cc1)(c1ccc(C(F)(F)F)cc1)c1ccc(C(F)(F)F)cc1)C(F)(F)F. The molecule has 2 fully saturated rings. The van der Waals surface area contributed by atoms with E-state index in [0.717, 1.165) is 6.42 Å². The molecule has 0 aromatic heterocycles. The Labute approximate surface area is 394 Å². The Morgan fingerprint density at radius 3 is 1.19 bits per heavy atom. The molecule has 0 radical (unpaired) electrons. The van der Waals surface area contributed by atoms with E-state index >= 15 is 0 Å². The molecule has 0 amide bonds. The smallest absolute Gasteiger partial charge is 0.200 e. The molecule has 0 spiro atoms. The summed E-state index contributed by atoms with van der Waals surface area (Å²) >= 11 is -3.02. The van der Waals surface area contributed by atoms with E-state index in [2.05, 4.69) is 3.63 Å². The maximum absolute atomic E-state index is 13.4. The number of ketones is 1. The van der Waals surface area contributed by atoms with Gasteiger partial charge in [-0.25, -0.2) is 0 Å². The third-order valence-corrected chi connectivity index (χ3v) is 24.2. The molecule has 7 rings (SSSR count). The van der Waals surface area contributed by atoms with E-state index in [4.69, 9.17) is 2.51 Å². The molecule has 2 atom stereocenters. The maximum Gasteiger partial charge on any atom is 0.524 e. The van der Waals surface area contributed by atoms with Crippen LogP contribution in [0.1, 0.15) is 49.8 Å². The second kappa shape index (κ2) is 19.0. The Kier molecular flexibility index (Phi) is 14.9. The van der Waals surface area contributed by atoms with Crippen molar-refractivity contribution >= 4 is 56.6 Å². The van der Waals surface area contributed by atoms with Crippen LogP contribution in [0.15, 0.2) is 136 Å². The quantitative estimate of drug-likeness (QED) is 0.0737. The van der Waals surface area contributed by atoms with E-state index in [1.54, 1.807) is 0 Å². The van der Waals surface area contributed by atoms with Gasteiger partial charge in [-0.05, 0) is 83.1 Å². The van der Waals surface area contributed by atoms with Gasteiger partial charge in [0.2, 0.25) is 0 Å². The van der Waals surface area contributed by atoms with Gasteiger partial charge in [0.25, 0.3) is 0 Å². The number of hydrogen-bond donors (Lipinski definition) is 0. The molecule has 2 unspecified atom stereocenters. The summed E-state index contributed by atoms with van der Waals surface area (Å²) in [5.41, 5.74) is -11.5. The standard InChI is InChI=1S/C22H12F12O3S2.C22H23F2IO4S/c23-19(24,25)13-1-7-16(8-2-13)38(37-39(35,36)22(32,33)34,17-9-3-14(4-10-17)20(26,27)28)18-11-5-15(6-12-18)21(29,30)31;1-21(2)15-11-12-22(21,20(26)13-15)14-30(27,28)29-25(18-7-3-16(23)4-8-18)19-9-5-17(24)6-10-19/h1-12H;3-10,15H,11-14H2,1-2H3. The van der Waals surface area contributed by atoms with E-state index in [1.807, 2.05) is 13.8 Å². The molecule has 0 N–H and O–H groups in total. The number of carbonyl (C=O) groups excluding carboxylic acids is 1.